The topological polar surface area (TPSA) is 29.1 Å². The second-order valence-electron chi connectivity index (χ2n) is 5.06. The molecule has 0 amide bonds. The molecule has 1 N–H and O–H groups in total. The number of hydrogen-bond acceptors (Lipinski definition) is 2. The van der Waals surface area contributed by atoms with Crippen LogP contribution >= 0.6 is 0 Å². The summed E-state index contributed by atoms with van der Waals surface area (Å²) in [7, 11) is 0. The molecule has 0 atom stereocenters. The molecule has 0 aromatic heterocycles. The van der Waals surface area contributed by atoms with Crippen LogP contribution < -0.4 is 5.32 Å². The zero-order chi connectivity index (χ0) is 12.2. The molecule has 16 heavy (non-hydrogen) atoms. The zero-order valence-electron chi connectivity index (χ0n) is 10.6. The Kier molecular flexibility index (Phi) is 4.25. The van der Waals surface area contributed by atoms with Gasteiger partial charge in [-0.15, -0.1) is 0 Å². The molecule has 1 aromatic rings. The number of rotatable bonds is 5. The van der Waals surface area contributed by atoms with E-state index in [1.165, 1.54) is 11.1 Å². The summed E-state index contributed by atoms with van der Waals surface area (Å²) in [6.45, 7) is 9.35. The van der Waals surface area contributed by atoms with Crippen LogP contribution in [0.25, 0.3) is 0 Å². The van der Waals surface area contributed by atoms with Crippen LogP contribution in [0.15, 0.2) is 24.3 Å². The van der Waals surface area contributed by atoms with Gasteiger partial charge < -0.3 is 5.32 Å². The van der Waals surface area contributed by atoms with Crippen molar-refractivity contribution in [2.45, 2.75) is 33.1 Å². The van der Waals surface area contributed by atoms with Crippen LogP contribution in [0.2, 0.25) is 0 Å². The molecule has 0 fully saturated rings. The van der Waals surface area contributed by atoms with Gasteiger partial charge in [0.25, 0.3) is 0 Å². The van der Waals surface area contributed by atoms with Crippen molar-refractivity contribution in [1.29, 1.82) is 0 Å². The van der Waals surface area contributed by atoms with Crippen molar-refractivity contribution in [2.75, 3.05) is 13.1 Å². The van der Waals surface area contributed by atoms with Crippen LogP contribution in [0.3, 0.4) is 0 Å². The van der Waals surface area contributed by atoms with Gasteiger partial charge in [-0.05, 0) is 19.4 Å². The highest BCUT2D eigenvalue weighted by Crippen LogP contribution is 2.22. The molecule has 0 saturated heterocycles. The zero-order valence-corrected chi connectivity index (χ0v) is 10.6. The predicted octanol–water partition coefficient (Wildman–Crippen LogP) is 2.45. The minimum absolute atomic E-state index is 0.0570. The molecule has 0 spiro atoms. The van der Waals surface area contributed by atoms with Crippen LogP contribution in [0.5, 0.6) is 0 Å². The van der Waals surface area contributed by atoms with Crippen LogP contribution in [0.1, 0.15) is 31.9 Å². The third-order valence-corrected chi connectivity index (χ3v) is 2.74. The lowest BCUT2D eigenvalue weighted by atomic mass is 9.84. The van der Waals surface area contributed by atoms with Gasteiger partial charge in [-0.2, -0.15) is 0 Å². The molecule has 0 unspecified atom stereocenters. The standard InChI is InChI=1S/C14H21NO/c1-11-6-5-7-13(8-11)14(3,4)10-15-9-12(2)16/h5-8,15H,9-10H2,1-4H3. The van der Waals surface area contributed by atoms with Gasteiger partial charge in [0.15, 0.2) is 0 Å². The highest BCUT2D eigenvalue weighted by atomic mass is 16.1. The average molecular weight is 219 g/mol. The first-order valence-electron chi connectivity index (χ1n) is 5.69. The van der Waals surface area contributed by atoms with E-state index in [1.807, 2.05) is 0 Å². The van der Waals surface area contributed by atoms with Crippen molar-refractivity contribution in [1.82, 2.24) is 5.32 Å². The van der Waals surface area contributed by atoms with Gasteiger partial charge in [0, 0.05) is 12.0 Å². The maximum atomic E-state index is 10.9. The minimum Gasteiger partial charge on any atom is -0.309 e. The summed E-state index contributed by atoms with van der Waals surface area (Å²) in [4.78, 5) is 10.9. The van der Waals surface area contributed by atoms with Gasteiger partial charge in [-0.25, -0.2) is 0 Å². The molecule has 0 aliphatic carbocycles. The van der Waals surface area contributed by atoms with Crippen molar-refractivity contribution in [3.8, 4) is 0 Å². The monoisotopic (exact) mass is 219 g/mol. The summed E-state index contributed by atoms with van der Waals surface area (Å²) in [5.74, 6) is 0.181. The Hall–Kier alpha value is -1.15. The summed E-state index contributed by atoms with van der Waals surface area (Å²) in [6, 6.07) is 8.53. The Morgan fingerprint density at radius 2 is 2.06 bits per heavy atom. The fourth-order valence-electron chi connectivity index (χ4n) is 1.72. The van der Waals surface area contributed by atoms with Crippen molar-refractivity contribution < 1.29 is 4.79 Å². The maximum absolute atomic E-state index is 10.9. The van der Waals surface area contributed by atoms with Crippen LogP contribution in [0.4, 0.5) is 0 Å². The van der Waals surface area contributed by atoms with Crippen LogP contribution in [0, 0.1) is 6.92 Å². The maximum Gasteiger partial charge on any atom is 0.143 e. The van der Waals surface area contributed by atoms with Gasteiger partial charge >= 0.3 is 0 Å². The molecular formula is C14H21NO. The summed E-state index contributed by atoms with van der Waals surface area (Å²) >= 11 is 0. The van der Waals surface area contributed by atoms with Crippen LogP contribution in [-0.4, -0.2) is 18.9 Å². The highest BCUT2D eigenvalue weighted by Gasteiger charge is 2.19. The third kappa shape index (κ3) is 3.78. The van der Waals surface area contributed by atoms with Gasteiger partial charge in [-0.3, -0.25) is 4.79 Å². The van der Waals surface area contributed by atoms with E-state index in [4.69, 9.17) is 0 Å². The van der Waals surface area contributed by atoms with Crippen molar-refractivity contribution >= 4 is 5.78 Å². The minimum atomic E-state index is 0.0570. The number of hydrogen-bond donors (Lipinski definition) is 1. The lowest BCUT2D eigenvalue weighted by Crippen LogP contribution is -2.35. The van der Waals surface area contributed by atoms with Gasteiger partial charge in [0.05, 0.1) is 6.54 Å². The molecule has 0 heterocycles. The Labute approximate surface area is 98.1 Å². The summed E-state index contributed by atoms with van der Waals surface area (Å²) < 4.78 is 0. The first-order chi connectivity index (χ1) is 7.42. The lowest BCUT2D eigenvalue weighted by molar-refractivity contribution is -0.116. The molecule has 0 saturated carbocycles. The van der Waals surface area contributed by atoms with E-state index in [-0.39, 0.29) is 11.2 Å². The number of aryl methyl sites for hydroxylation is 1. The number of nitrogens with one attached hydrogen (secondary N) is 1. The normalized spacial score (nSPS) is 11.5. The number of carbonyl (C=O) groups is 1. The molecule has 1 rings (SSSR count). The SMILES string of the molecule is CC(=O)CNCC(C)(C)c1cccc(C)c1. The summed E-state index contributed by atoms with van der Waals surface area (Å²) in [5, 5.41) is 3.19. The highest BCUT2D eigenvalue weighted by molar-refractivity contribution is 5.77. The van der Waals surface area contributed by atoms with E-state index in [0.29, 0.717) is 6.54 Å². The van der Waals surface area contributed by atoms with E-state index in [2.05, 4.69) is 50.4 Å². The van der Waals surface area contributed by atoms with Crippen molar-refractivity contribution in [2.24, 2.45) is 0 Å². The van der Waals surface area contributed by atoms with Crippen LogP contribution in [-0.2, 0) is 10.2 Å². The molecule has 0 aliphatic heterocycles. The second kappa shape index (κ2) is 5.26. The Balaban J connectivity index is 2.66. The van der Waals surface area contributed by atoms with E-state index in [1.54, 1.807) is 6.92 Å². The average Bonchev–Trinajstić information content (AvgIpc) is 2.16. The van der Waals surface area contributed by atoms with Crippen molar-refractivity contribution in [3.63, 3.8) is 0 Å². The third-order valence-electron chi connectivity index (χ3n) is 2.74. The number of benzene rings is 1. The van der Waals surface area contributed by atoms with Gasteiger partial charge in [-0.1, -0.05) is 43.7 Å². The van der Waals surface area contributed by atoms with Crippen molar-refractivity contribution in [3.05, 3.63) is 35.4 Å². The molecular weight excluding hydrogens is 198 g/mol. The Morgan fingerprint density at radius 1 is 1.38 bits per heavy atom. The molecule has 2 nitrogen and oxygen atoms in total. The smallest absolute Gasteiger partial charge is 0.143 e. The lowest BCUT2D eigenvalue weighted by Gasteiger charge is -2.26. The fraction of sp³-hybridized carbons (Fsp3) is 0.500. The molecule has 0 radical (unpaired) electrons. The number of ketones is 1. The predicted molar refractivity (Wildman–Crippen MR) is 67.8 cm³/mol. The Morgan fingerprint density at radius 3 is 2.62 bits per heavy atom. The number of Topliss-reactive ketones (excluding diaryl/α,β-unsaturated/α-hetero) is 1. The fourth-order valence-corrected chi connectivity index (χ4v) is 1.72. The molecule has 2 heteroatoms. The van der Waals surface area contributed by atoms with E-state index >= 15 is 0 Å². The van der Waals surface area contributed by atoms with E-state index in [0.717, 1.165) is 6.54 Å². The van der Waals surface area contributed by atoms with Gasteiger partial charge in [0.1, 0.15) is 5.78 Å². The Bertz CT molecular complexity index is 369. The van der Waals surface area contributed by atoms with Gasteiger partial charge in [0.2, 0.25) is 0 Å². The van der Waals surface area contributed by atoms with E-state index in [9.17, 15) is 4.79 Å². The molecule has 88 valence electrons. The molecule has 1 aromatic carbocycles. The van der Waals surface area contributed by atoms with E-state index < -0.39 is 0 Å². The quantitative estimate of drug-likeness (QED) is 0.824. The second-order valence-corrected chi connectivity index (χ2v) is 5.06. The first kappa shape index (κ1) is 12.9. The largest absolute Gasteiger partial charge is 0.309 e. The molecule has 0 aliphatic rings. The number of carbonyl (C=O) groups excluding carboxylic acids is 1. The first-order valence-corrected chi connectivity index (χ1v) is 5.69. The summed E-state index contributed by atoms with van der Waals surface area (Å²) in [5.41, 5.74) is 2.64. The molecule has 0 bridgehead atoms. The summed E-state index contributed by atoms with van der Waals surface area (Å²) in [6.07, 6.45) is 0.